The monoisotopic (exact) mass is 304 g/mol. The summed E-state index contributed by atoms with van der Waals surface area (Å²) in [4.78, 5) is 26.6. The van der Waals surface area contributed by atoms with Gasteiger partial charge in [0.15, 0.2) is 0 Å². The first kappa shape index (κ1) is 15.0. The first-order valence-electron chi connectivity index (χ1n) is 6.24. The Kier molecular flexibility index (Phi) is 5.29. The Balaban J connectivity index is 1.95. The average Bonchev–Trinajstić information content (AvgIpc) is 2.48. The highest BCUT2D eigenvalue weighted by Gasteiger charge is 2.10. The van der Waals surface area contributed by atoms with Crippen molar-refractivity contribution in [3.8, 4) is 0 Å². The van der Waals surface area contributed by atoms with Crippen molar-refractivity contribution in [2.75, 3.05) is 5.32 Å². The Morgan fingerprint density at radius 2 is 1.95 bits per heavy atom. The van der Waals surface area contributed by atoms with Gasteiger partial charge >= 0.3 is 6.09 Å². The van der Waals surface area contributed by atoms with Crippen LogP contribution >= 0.6 is 11.6 Å². The van der Waals surface area contributed by atoms with Gasteiger partial charge in [-0.05, 0) is 28.8 Å². The number of halogens is 1. The van der Waals surface area contributed by atoms with Crippen molar-refractivity contribution < 1.29 is 14.3 Å². The van der Waals surface area contributed by atoms with Crippen LogP contribution in [0.2, 0.25) is 0 Å². The minimum absolute atomic E-state index is 0.0123. The Labute approximate surface area is 126 Å². The molecular formula is C15H13ClN2O3. The number of anilines is 1. The third kappa shape index (κ3) is 4.89. The van der Waals surface area contributed by atoms with Gasteiger partial charge in [-0.1, -0.05) is 30.3 Å². The molecule has 1 heterocycles. The van der Waals surface area contributed by atoms with Gasteiger partial charge in [-0.25, -0.2) is 4.79 Å². The summed E-state index contributed by atoms with van der Waals surface area (Å²) in [6, 6.07) is 10.9. The molecule has 1 aromatic heterocycles. The van der Waals surface area contributed by atoms with E-state index < -0.39 is 11.3 Å². The van der Waals surface area contributed by atoms with E-state index in [1.807, 2.05) is 30.3 Å². The summed E-state index contributed by atoms with van der Waals surface area (Å²) in [5.41, 5.74) is 1.88. The number of pyridine rings is 1. The third-order valence-corrected chi connectivity index (χ3v) is 2.82. The summed E-state index contributed by atoms with van der Waals surface area (Å²) in [7, 11) is 0. The zero-order chi connectivity index (χ0) is 15.1. The van der Waals surface area contributed by atoms with Crippen LogP contribution in [0.25, 0.3) is 0 Å². The van der Waals surface area contributed by atoms with E-state index in [2.05, 4.69) is 10.3 Å². The van der Waals surface area contributed by atoms with Crippen molar-refractivity contribution in [3.05, 3.63) is 59.9 Å². The first-order valence-corrected chi connectivity index (χ1v) is 6.62. The van der Waals surface area contributed by atoms with Crippen LogP contribution < -0.4 is 5.32 Å². The molecule has 21 heavy (non-hydrogen) atoms. The third-order valence-electron chi connectivity index (χ3n) is 2.69. The van der Waals surface area contributed by atoms with Crippen molar-refractivity contribution in [1.82, 2.24) is 4.98 Å². The molecule has 0 bridgehead atoms. The molecule has 0 spiro atoms. The second-order valence-electron chi connectivity index (χ2n) is 4.25. The lowest BCUT2D eigenvalue weighted by Gasteiger charge is -2.09. The molecule has 2 aromatic rings. The lowest BCUT2D eigenvalue weighted by Crippen LogP contribution is -2.15. The summed E-state index contributed by atoms with van der Waals surface area (Å²) in [6.45, 7) is 0.163. The van der Waals surface area contributed by atoms with E-state index in [1.165, 1.54) is 12.4 Å². The molecule has 0 saturated carbocycles. The molecule has 0 fully saturated rings. The smallest absolute Gasteiger partial charge is 0.412 e. The molecule has 2 rings (SSSR count). The van der Waals surface area contributed by atoms with Crippen LogP contribution in [-0.4, -0.2) is 16.3 Å². The first-order chi connectivity index (χ1) is 10.1. The van der Waals surface area contributed by atoms with Crippen molar-refractivity contribution >= 4 is 28.6 Å². The Morgan fingerprint density at radius 3 is 2.67 bits per heavy atom. The van der Waals surface area contributed by atoms with E-state index in [4.69, 9.17) is 16.3 Å². The number of amides is 1. The normalized spacial score (nSPS) is 9.95. The highest BCUT2D eigenvalue weighted by atomic mass is 35.5. The minimum Gasteiger partial charge on any atom is -0.444 e. The fraction of sp³-hybridized carbons (Fsp3) is 0.133. The van der Waals surface area contributed by atoms with Crippen molar-refractivity contribution in [1.29, 1.82) is 0 Å². The molecule has 1 N–H and O–H groups in total. The maximum absolute atomic E-state index is 11.7. The number of hydrogen-bond acceptors (Lipinski definition) is 4. The molecule has 0 aliphatic carbocycles. The number of aromatic nitrogens is 1. The molecule has 6 heteroatoms. The van der Waals surface area contributed by atoms with Gasteiger partial charge in [0.25, 0.3) is 0 Å². The van der Waals surface area contributed by atoms with E-state index in [9.17, 15) is 9.59 Å². The van der Waals surface area contributed by atoms with Crippen molar-refractivity contribution in [2.45, 2.75) is 13.0 Å². The van der Waals surface area contributed by atoms with Gasteiger partial charge in [-0.2, -0.15) is 0 Å². The summed E-state index contributed by atoms with van der Waals surface area (Å²) >= 11 is 5.36. The number of rotatable bonds is 5. The second-order valence-corrected chi connectivity index (χ2v) is 4.67. The van der Waals surface area contributed by atoms with Crippen LogP contribution in [-0.2, 0) is 22.6 Å². The molecule has 0 aliphatic rings. The summed E-state index contributed by atoms with van der Waals surface area (Å²) in [6.07, 6.45) is 2.36. The van der Waals surface area contributed by atoms with Crippen LogP contribution in [0, 0.1) is 0 Å². The molecule has 0 saturated heterocycles. The van der Waals surface area contributed by atoms with Crippen LogP contribution in [0.5, 0.6) is 0 Å². The number of ether oxygens (including phenoxy) is 1. The summed E-state index contributed by atoms with van der Waals surface area (Å²) in [5, 5.41) is 2.04. The van der Waals surface area contributed by atoms with E-state index in [0.29, 0.717) is 11.3 Å². The van der Waals surface area contributed by atoms with Crippen LogP contribution in [0.1, 0.15) is 11.1 Å². The van der Waals surface area contributed by atoms with Gasteiger partial charge in [0.2, 0.25) is 5.24 Å². The highest BCUT2D eigenvalue weighted by molar-refractivity contribution is 6.63. The maximum Gasteiger partial charge on any atom is 0.412 e. The van der Waals surface area contributed by atoms with Crippen molar-refractivity contribution in [3.63, 3.8) is 0 Å². The SMILES string of the molecule is O=C(Cl)Cc1ccncc1NC(=O)OCc1ccccc1. The molecule has 0 radical (unpaired) electrons. The van der Waals surface area contributed by atoms with E-state index in [1.54, 1.807) is 6.07 Å². The number of hydrogen-bond donors (Lipinski definition) is 1. The Bertz CT molecular complexity index is 632. The predicted molar refractivity (Wildman–Crippen MR) is 79.1 cm³/mol. The second kappa shape index (κ2) is 7.40. The van der Waals surface area contributed by atoms with Gasteiger partial charge in [0.1, 0.15) is 6.61 Å². The number of benzene rings is 1. The molecule has 1 aromatic carbocycles. The van der Waals surface area contributed by atoms with Crippen molar-refractivity contribution in [2.24, 2.45) is 0 Å². The largest absolute Gasteiger partial charge is 0.444 e. The zero-order valence-electron chi connectivity index (χ0n) is 11.1. The highest BCUT2D eigenvalue weighted by Crippen LogP contribution is 2.15. The number of nitrogens with zero attached hydrogens (tertiary/aromatic N) is 1. The standard InChI is InChI=1S/C15H13ClN2O3/c16-14(19)8-12-6-7-17-9-13(12)18-15(20)21-10-11-4-2-1-3-5-11/h1-7,9H,8,10H2,(H,18,20). The topological polar surface area (TPSA) is 68.3 Å². The predicted octanol–water partition coefficient (Wildman–Crippen LogP) is 3.14. The van der Waals surface area contributed by atoms with Gasteiger partial charge in [-0.15, -0.1) is 0 Å². The van der Waals surface area contributed by atoms with Crippen LogP contribution in [0.15, 0.2) is 48.8 Å². The van der Waals surface area contributed by atoms with Gasteiger partial charge in [0, 0.05) is 12.6 Å². The summed E-state index contributed by atoms with van der Waals surface area (Å²) < 4.78 is 5.10. The Morgan fingerprint density at radius 1 is 1.19 bits per heavy atom. The number of carbonyl (C=O) groups excluding carboxylic acids is 2. The minimum atomic E-state index is -0.616. The summed E-state index contributed by atoms with van der Waals surface area (Å²) in [5.74, 6) is 0. The lowest BCUT2D eigenvalue weighted by atomic mass is 10.2. The van der Waals surface area contributed by atoms with Gasteiger partial charge in [0.05, 0.1) is 11.9 Å². The van der Waals surface area contributed by atoms with E-state index in [0.717, 1.165) is 5.56 Å². The van der Waals surface area contributed by atoms with Crippen LogP contribution in [0.3, 0.4) is 0 Å². The van der Waals surface area contributed by atoms with Gasteiger partial charge < -0.3 is 4.74 Å². The molecule has 0 unspecified atom stereocenters. The fourth-order valence-electron chi connectivity index (χ4n) is 1.71. The van der Waals surface area contributed by atoms with E-state index in [-0.39, 0.29) is 13.0 Å². The molecule has 1 amide bonds. The van der Waals surface area contributed by atoms with Crippen LogP contribution in [0.4, 0.5) is 10.5 Å². The molecule has 108 valence electrons. The fourth-order valence-corrected chi connectivity index (χ4v) is 1.85. The average molecular weight is 305 g/mol. The molecular weight excluding hydrogens is 292 g/mol. The van der Waals surface area contributed by atoms with Gasteiger partial charge in [-0.3, -0.25) is 15.1 Å². The molecule has 0 aliphatic heterocycles. The lowest BCUT2D eigenvalue weighted by molar-refractivity contribution is -0.111. The zero-order valence-corrected chi connectivity index (χ0v) is 11.8. The maximum atomic E-state index is 11.7. The molecule has 0 atom stereocenters. The Hall–Kier alpha value is -2.40. The number of carbonyl (C=O) groups is 2. The quantitative estimate of drug-likeness (QED) is 0.862. The van der Waals surface area contributed by atoms with E-state index >= 15 is 0 Å². The molecule has 5 nitrogen and oxygen atoms in total. The number of nitrogens with one attached hydrogen (secondary N) is 1.